The minimum absolute atomic E-state index is 0.0855. The van der Waals surface area contributed by atoms with Crippen LogP contribution in [0.3, 0.4) is 0 Å². The number of nitrogens with zero attached hydrogens (tertiary/aromatic N) is 3. The highest BCUT2D eigenvalue weighted by Crippen LogP contribution is 2.24. The molecule has 0 bridgehead atoms. The smallest absolute Gasteiger partial charge is 0.251 e. The van der Waals surface area contributed by atoms with Crippen LogP contribution in [0, 0.1) is 0 Å². The van der Waals surface area contributed by atoms with E-state index in [-0.39, 0.29) is 5.91 Å². The number of carbonyl (C=O) groups is 1. The third kappa shape index (κ3) is 4.58. The molecule has 7 heteroatoms. The van der Waals surface area contributed by atoms with Gasteiger partial charge in [0.25, 0.3) is 5.91 Å². The van der Waals surface area contributed by atoms with Crippen LogP contribution < -0.4 is 15.5 Å². The molecule has 0 aliphatic heterocycles. The van der Waals surface area contributed by atoms with Crippen molar-refractivity contribution in [1.29, 1.82) is 0 Å². The lowest BCUT2D eigenvalue weighted by Gasteiger charge is -2.13. The molecule has 0 saturated heterocycles. The Bertz CT molecular complexity index is 847. The molecule has 3 aromatic rings. The van der Waals surface area contributed by atoms with Crippen LogP contribution >= 0.6 is 11.3 Å². The Labute approximate surface area is 156 Å². The molecule has 1 aromatic carbocycles. The Balaban J connectivity index is 1.47. The molecule has 26 heavy (non-hydrogen) atoms. The van der Waals surface area contributed by atoms with E-state index < -0.39 is 0 Å². The number of nitrogens with one attached hydrogen (secondary N) is 2. The van der Waals surface area contributed by atoms with Gasteiger partial charge in [-0.15, -0.1) is 16.4 Å². The summed E-state index contributed by atoms with van der Waals surface area (Å²) in [4.78, 5) is 15.4. The first-order chi connectivity index (χ1) is 12.6. The first kappa shape index (κ1) is 17.9. The zero-order valence-corrected chi connectivity index (χ0v) is 15.6. The molecule has 2 heterocycles. The van der Waals surface area contributed by atoms with Crippen LogP contribution in [0.5, 0.6) is 0 Å². The van der Waals surface area contributed by atoms with Crippen LogP contribution in [0.4, 0.5) is 11.5 Å². The van der Waals surface area contributed by atoms with Crippen LogP contribution in [-0.4, -0.2) is 43.3 Å². The maximum atomic E-state index is 12.2. The summed E-state index contributed by atoms with van der Waals surface area (Å²) in [6, 6.07) is 13.7. The number of thiophene rings is 1. The molecular weight excluding hydrogens is 346 g/mol. The fourth-order valence-electron chi connectivity index (χ4n) is 2.38. The fraction of sp³-hybridized carbons (Fsp3) is 0.211. The van der Waals surface area contributed by atoms with Gasteiger partial charge in [0.05, 0.1) is 11.9 Å². The van der Waals surface area contributed by atoms with E-state index in [1.54, 1.807) is 17.5 Å². The number of anilines is 2. The molecule has 0 unspecified atom stereocenters. The van der Waals surface area contributed by atoms with Crippen LogP contribution in [0.1, 0.15) is 10.4 Å². The number of aromatic nitrogens is 2. The second-order valence-corrected chi connectivity index (χ2v) is 6.88. The summed E-state index contributed by atoms with van der Waals surface area (Å²) >= 11 is 1.68. The van der Waals surface area contributed by atoms with Crippen molar-refractivity contribution in [1.82, 2.24) is 15.5 Å². The molecule has 0 aliphatic rings. The molecule has 0 saturated carbocycles. The lowest BCUT2D eigenvalue weighted by Crippen LogP contribution is -2.28. The highest BCUT2D eigenvalue weighted by atomic mass is 32.1. The number of amides is 1. The van der Waals surface area contributed by atoms with Crippen molar-refractivity contribution >= 4 is 28.7 Å². The van der Waals surface area contributed by atoms with Crippen molar-refractivity contribution < 1.29 is 4.79 Å². The zero-order chi connectivity index (χ0) is 18.4. The molecule has 134 valence electrons. The number of carbonyl (C=O) groups excluding carboxylic acids is 1. The van der Waals surface area contributed by atoms with Gasteiger partial charge >= 0.3 is 0 Å². The predicted molar refractivity (Wildman–Crippen MR) is 107 cm³/mol. The van der Waals surface area contributed by atoms with E-state index in [1.165, 1.54) is 4.88 Å². The summed E-state index contributed by atoms with van der Waals surface area (Å²) in [5, 5.41) is 16.1. The second-order valence-electron chi connectivity index (χ2n) is 5.93. The standard InChI is InChI=1S/C19H21N5OS/c1-24(2)16-12-18(23-22-13-16)20-9-10-21-19(25)15-7-5-14(6-8-15)17-4-3-11-26-17/h3-8,11-13H,9-10H2,1-2H3,(H,20,23)(H,21,25). The average molecular weight is 367 g/mol. The van der Waals surface area contributed by atoms with E-state index >= 15 is 0 Å². The predicted octanol–water partition coefficient (Wildman–Crippen LogP) is 3.11. The molecular formula is C19H21N5OS. The molecule has 0 atom stereocenters. The van der Waals surface area contributed by atoms with Gasteiger partial charge in [0.15, 0.2) is 5.82 Å². The van der Waals surface area contributed by atoms with E-state index in [1.807, 2.05) is 60.8 Å². The number of benzene rings is 1. The Morgan fingerprint density at radius 2 is 1.96 bits per heavy atom. The van der Waals surface area contributed by atoms with Crippen molar-refractivity contribution in [3.05, 3.63) is 59.6 Å². The third-order valence-corrected chi connectivity index (χ3v) is 4.74. The van der Waals surface area contributed by atoms with Crippen LogP contribution in [0.2, 0.25) is 0 Å². The fourth-order valence-corrected chi connectivity index (χ4v) is 3.12. The summed E-state index contributed by atoms with van der Waals surface area (Å²) in [6.07, 6.45) is 1.70. The van der Waals surface area contributed by atoms with Gasteiger partial charge in [0.2, 0.25) is 0 Å². The minimum atomic E-state index is -0.0855. The van der Waals surface area contributed by atoms with Crippen molar-refractivity contribution in [2.45, 2.75) is 0 Å². The van der Waals surface area contributed by atoms with Crippen molar-refractivity contribution in [3.8, 4) is 10.4 Å². The highest BCUT2D eigenvalue weighted by Gasteiger charge is 2.06. The number of hydrogen-bond donors (Lipinski definition) is 2. The molecule has 1 amide bonds. The molecule has 2 aromatic heterocycles. The minimum Gasteiger partial charge on any atom is -0.376 e. The molecule has 0 spiro atoms. The molecule has 2 N–H and O–H groups in total. The molecule has 0 aliphatic carbocycles. The van der Waals surface area contributed by atoms with Gasteiger partial charge in [-0.3, -0.25) is 4.79 Å². The first-order valence-corrected chi connectivity index (χ1v) is 9.17. The Morgan fingerprint density at radius 3 is 2.65 bits per heavy atom. The van der Waals surface area contributed by atoms with E-state index in [4.69, 9.17) is 0 Å². The normalized spacial score (nSPS) is 10.4. The van der Waals surface area contributed by atoms with Crippen molar-refractivity contribution in [2.24, 2.45) is 0 Å². The van der Waals surface area contributed by atoms with Crippen LogP contribution in [0.15, 0.2) is 54.0 Å². The number of rotatable bonds is 7. The van der Waals surface area contributed by atoms with Crippen molar-refractivity contribution in [3.63, 3.8) is 0 Å². The lowest BCUT2D eigenvalue weighted by atomic mass is 10.1. The number of hydrogen-bond acceptors (Lipinski definition) is 6. The second kappa shape index (κ2) is 8.44. The van der Waals surface area contributed by atoms with E-state index in [0.717, 1.165) is 11.3 Å². The van der Waals surface area contributed by atoms with Gasteiger partial charge in [-0.1, -0.05) is 18.2 Å². The maximum Gasteiger partial charge on any atom is 0.251 e. The van der Waals surface area contributed by atoms with Gasteiger partial charge < -0.3 is 15.5 Å². The molecule has 0 fully saturated rings. The van der Waals surface area contributed by atoms with Gasteiger partial charge in [-0.25, -0.2) is 0 Å². The SMILES string of the molecule is CN(C)c1cnnc(NCCNC(=O)c2ccc(-c3cccs3)cc2)c1. The topological polar surface area (TPSA) is 70.2 Å². The molecule has 6 nitrogen and oxygen atoms in total. The zero-order valence-electron chi connectivity index (χ0n) is 14.8. The summed E-state index contributed by atoms with van der Waals surface area (Å²) in [5.41, 5.74) is 2.75. The first-order valence-electron chi connectivity index (χ1n) is 8.29. The Kier molecular flexibility index (Phi) is 5.80. The monoisotopic (exact) mass is 367 g/mol. The van der Waals surface area contributed by atoms with Gasteiger partial charge in [-0.2, -0.15) is 5.10 Å². The highest BCUT2D eigenvalue weighted by molar-refractivity contribution is 7.13. The van der Waals surface area contributed by atoms with E-state index in [0.29, 0.717) is 24.5 Å². The van der Waals surface area contributed by atoms with Crippen molar-refractivity contribution in [2.75, 3.05) is 37.4 Å². The van der Waals surface area contributed by atoms with Crippen LogP contribution in [0.25, 0.3) is 10.4 Å². The Hall–Kier alpha value is -2.93. The van der Waals surface area contributed by atoms with E-state index in [9.17, 15) is 4.79 Å². The third-order valence-electron chi connectivity index (χ3n) is 3.83. The quantitative estimate of drug-likeness (QED) is 0.628. The Morgan fingerprint density at radius 1 is 1.15 bits per heavy atom. The largest absolute Gasteiger partial charge is 0.376 e. The van der Waals surface area contributed by atoms with Gasteiger partial charge in [0, 0.05) is 43.7 Å². The summed E-state index contributed by atoms with van der Waals surface area (Å²) in [5.74, 6) is 0.600. The summed E-state index contributed by atoms with van der Waals surface area (Å²) < 4.78 is 0. The maximum absolute atomic E-state index is 12.2. The molecule has 3 rings (SSSR count). The summed E-state index contributed by atoms with van der Waals surface area (Å²) in [7, 11) is 3.90. The van der Waals surface area contributed by atoms with Gasteiger partial charge in [0.1, 0.15) is 0 Å². The molecule has 0 radical (unpaired) electrons. The van der Waals surface area contributed by atoms with Gasteiger partial charge in [-0.05, 0) is 29.1 Å². The average Bonchev–Trinajstić information content (AvgIpc) is 3.20. The summed E-state index contributed by atoms with van der Waals surface area (Å²) in [6.45, 7) is 1.07. The lowest BCUT2D eigenvalue weighted by molar-refractivity contribution is 0.0955. The van der Waals surface area contributed by atoms with E-state index in [2.05, 4.69) is 26.9 Å². The van der Waals surface area contributed by atoms with Crippen LogP contribution in [-0.2, 0) is 0 Å².